The monoisotopic (exact) mass is 265 g/mol. The average Bonchev–Trinajstić information content (AvgIpc) is 2.35. The van der Waals surface area contributed by atoms with Gasteiger partial charge in [0.1, 0.15) is 6.61 Å². The second-order valence-corrected chi connectivity index (χ2v) is 3.99. The maximum Gasteiger partial charge on any atom is 0.318 e. The van der Waals surface area contributed by atoms with Crippen LogP contribution in [-0.2, 0) is 4.79 Å². The van der Waals surface area contributed by atoms with Crippen LogP contribution in [-0.4, -0.2) is 28.9 Å². The minimum Gasteiger partial charge on any atom is -0.459 e. The van der Waals surface area contributed by atoms with Crippen molar-refractivity contribution >= 4 is 11.6 Å². The molecule has 102 valence electrons. The van der Waals surface area contributed by atoms with Crippen LogP contribution in [0, 0.1) is 5.82 Å². The fraction of sp³-hybridized carbons (Fsp3) is 0.308. The van der Waals surface area contributed by atoms with E-state index in [2.05, 4.69) is 21.9 Å². The molecular formula is C13H16FN3O2. The molecule has 1 heterocycles. The first-order chi connectivity index (χ1) is 9.02. The first kappa shape index (κ1) is 14.8. The van der Waals surface area contributed by atoms with Crippen molar-refractivity contribution in [3.8, 4) is 6.01 Å². The van der Waals surface area contributed by atoms with Crippen molar-refractivity contribution in [1.29, 1.82) is 0 Å². The summed E-state index contributed by atoms with van der Waals surface area (Å²) in [4.78, 5) is 18.9. The molecule has 0 spiro atoms. The van der Waals surface area contributed by atoms with Crippen LogP contribution >= 0.6 is 0 Å². The molecule has 0 aliphatic rings. The van der Waals surface area contributed by atoms with Crippen LogP contribution in [0.3, 0.4) is 0 Å². The fourth-order valence-electron chi connectivity index (χ4n) is 1.22. The Labute approximate surface area is 111 Å². The van der Waals surface area contributed by atoms with E-state index in [-0.39, 0.29) is 30.8 Å². The third-order valence-electron chi connectivity index (χ3n) is 1.93. The van der Waals surface area contributed by atoms with Gasteiger partial charge in [0, 0.05) is 0 Å². The van der Waals surface area contributed by atoms with Gasteiger partial charge < -0.3 is 10.1 Å². The molecule has 0 saturated heterocycles. The van der Waals surface area contributed by atoms with E-state index in [0.717, 1.165) is 11.8 Å². The van der Waals surface area contributed by atoms with Crippen LogP contribution in [0.4, 0.5) is 10.2 Å². The number of aromatic nitrogens is 2. The number of hydrogen-bond donors (Lipinski definition) is 1. The van der Waals surface area contributed by atoms with Gasteiger partial charge in [-0.15, -0.1) is 0 Å². The first-order valence-corrected chi connectivity index (χ1v) is 5.70. The summed E-state index contributed by atoms with van der Waals surface area (Å²) >= 11 is 0. The van der Waals surface area contributed by atoms with Gasteiger partial charge in [-0.25, -0.2) is 9.37 Å². The van der Waals surface area contributed by atoms with Crippen molar-refractivity contribution in [3.05, 3.63) is 36.3 Å². The van der Waals surface area contributed by atoms with Gasteiger partial charge in [-0.05, 0) is 19.9 Å². The molecule has 0 aromatic carbocycles. The second-order valence-electron chi connectivity index (χ2n) is 3.99. The summed E-state index contributed by atoms with van der Waals surface area (Å²) in [5.41, 5.74) is 0.880. The standard InChI is InChI=1S/C13H16FN3O2/c1-4-5-19-13-16-8-11(14)12(17-13)15-7-10(18)6-9(2)3/h4,6,8H,1,5,7H2,2-3H3,(H,15,16,17). The number of carbonyl (C=O) groups excluding carboxylic acids is 1. The zero-order chi connectivity index (χ0) is 14.3. The van der Waals surface area contributed by atoms with Gasteiger partial charge in [-0.2, -0.15) is 4.98 Å². The highest BCUT2D eigenvalue weighted by molar-refractivity contribution is 5.93. The molecule has 0 radical (unpaired) electrons. The van der Waals surface area contributed by atoms with E-state index in [1.165, 1.54) is 12.2 Å². The number of hydrogen-bond acceptors (Lipinski definition) is 5. The first-order valence-electron chi connectivity index (χ1n) is 5.70. The van der Waals surface area contributed by atoms with Crippen molar-refractivity contribution < 1.29 is 13.9 Å². The van der Waals surface area contributed by atoms with E-state index >= 15 is 0 Å². The Kier molecular flexibility index (Phi) is 5.66. The lowest BCUT2D eigenvalue weighted by Crippen LogP contribution is -2.14. The summed E-state index contributed by atoms with van der Waals surface area (Å²) in [7, 11) is 0. The number of ether oxygens (including phenoxy) is 1. The van der Waals surface area contributed by atoms with E-state index in [1.54, 1.807) is 0 Å². The van der Waals surface area contributed by atoms with Gasteiger partial charge in [0.15, 0.2) is 17.4 Å². The fourth-order valence-corrected chi connectivity index (χ4v) is 1.22. The van der Waals surface area contributed by atoms with E-state index in [0.29, 0.717) is 0 Å². The summed E-state index contributed by atoms with van der Waals surface area (Å²) < 4.78 is 18.5. The molecule has 0 aliphatic heterocycles. The quantitative estimate of drug-likeness (QED) is 0.604. The molecule has 6 heteroatoms. The van der Waals surface area contributed by atoms with Crippen LogP contribution in [0.2, 0.25) is 0 Å². The van der Waals surface area contributed by atoms with Crippen LogP contribution in [0.5, 0.6) is 6.01 Å². The lowest BCUT2D eigenvalue weighted by Gasteiger charge is -2.06. The average molecular weight is 265 g/mol. The molecular weight excluding hydrogens is 249 g/mol. The number of nitrogens with one attached hydrogen (secondary N) is 1. The number of halogens is 1. The predicted octanol–water partition coefficient (Wildman–Crippen LogP) is 2.13. The number of allylic oxidation sites excluding steroid dienone is 1. The highest BCUT2D eigenvalue weighted by Crippen LogP contribution is 2.13. The molecule has 19 heavy (non-hydrogen) atoms. The zero-order valence-electron chi connectivity index (χ0n) is 10.9. The summed E-state index contributed by atoms with van der Waals surface area (Å²) in [6.07, 6.45) is 3.98. The third kappa shape index (κ3) is 5.29. The molecule has 1 rings (SSSR count). The van der Waals surface area contributed by atoms with Crippen molar-refractivity contribution in [1.82, 2.24) is 9.97 Å². The smallest absolute Gasteiger partial charge is 0.318 e. The van der Waals surface area contributed by atoms with Gasteiger partial charge in [0.2, 0.25) is 0 Å². The van der Waals surface area contributed by atoms with Gasteiger partial charge in [-0.1, -0.05) is 18.2 Å². The molecule has 1 N–H and O–H groups in total. The third-order valence-corrected chi connectivity index (χ3v) is 1.93. The molecule has 1 aromatic heterocycles. The second kappa shape index (κ2) is 7.25. The van der Waals surface area contributed by atoms with Gasteiger partial charge in [-0.3, -0.25) is 4.79 Å². The van der Waals surface area contributed by atoms with Crippen LogP contribution in [0.15, 0.2) is 30.5 Å². The predicted molar refractivity (Wildman–Crippen MR) is 70.6 cm³/mol. The molecule has 0 saturated carbocycles. The number of nitrogens with zero attached hydrogens (tertiary/aromatic N) is 2. The van der Waals surface area contributed by atoms with Crippen molar-refractivity contribution in [2.75, 3.05) is 18.5 Å². The number of carbonyl (C=O) groups is 1. The topological polar surface area (TPSA) is 64.1 Å². The minimum absolute atomic E-state index is 0.0264. The number of anilines is 1. The van der Waals surface area contributed by atoms with Crippen molar-refractivity contribution in [2.45, 2.75) is 13.8 Å². The molecule has 1 aromatic rings. The lowest BCUT2D eigenvalue weighted by molar-refractivity contribution is -0.113. The maximum atomic E-state index is 13.4. The van der Waals surface area contributed by atoms with Gasteiger partial charge in [0.05, 0.1) is 12.7 Å². The highest BCUT2D eigenvalue weighted by Gasteiger charge is 2.08. The molecule has 0 fully saturated rings. The van der Waals surface area contributed by atoms with E-state index in [9.17, 15) is 9.18 Å². The Morgan fingerprint density at radius 3 is 2.95 bits per heavy atom. The van der Waals surface area contributed by atoms with E-state index < -0.39 is 5.82 Å². The summed E-state index contributed by atoms with van der Waals surface area (Å²) in [6, 6.07) is 0.0264. The van der Waals surface area contributed by atoms with E-state index in [4.69, 9.17) is 4.74 Å². The number of ketones is 1. The largest absolute Gasteiger partial charge is 0.459 e. The maximum absolute atomic E-state index is 13.4. The molecule has 0 bridgehead atoms. The zero-order valence-corrected chi connectivity index (χ0v) is 10.9. The Hall–Kier alpha value is -2.24. The van der Waals surface area contributed by atoms with E-state index in [1.807, 2.05) is 13.8 Å². The molecule has 0 atom stereocenters. The van der Waals surface area contributed by atoms with Crippen LogP contribution < -0.4 is 10.1 Å². The van der Waals surface area contributed by atoms with Gasteiger partial charge in [0.25, 0.3) is 0 Å². The molecule has 5 nitrogen and oxygen atoms in total. The van der Waals surface area contributed by atoms with Crippen LogP contribution in [0.1, 0.15) is 13.8 Å². The normalized spacial score (nSPS) is 9.63. The summed E-state index contributed by atoms with van der Waals surface area (Å²) in [5, 5.41) is 2.61. The van der Waals surface area contributed by atoms with Gasteiger partial charge >= 0.3 is 6.01 Å². The minimum atomic E-state index is -0.643. The van der Waals surface area contributed by atoms with Crippen molar-refractivity contribution in [3.63, 3.8) is 0 Å². The molecule has 0 aliphatic carbocycles. The Bertz CT molecular complexity index is 497. The lowest BCUT2D eigenvalue weighted by atomic mass is 10.2. The summed E-state index contributed by atoms with van der Waals surface area (Å²) in [6.45, 7) is 7.28. The van der Waals surface area contributed by atoms with Crippen LogP contribution in [0.25, 0.3) is 0 Å². The molecule has 0 unspecified atom stereocenters. The Balaban J connectivity index is 2.69. The number of rotatable bonds is 7. The summed E-state index contributed by atoms with van der Waals surface area (Å²) in [5.74, 6) is -0.868. The van der Waals surface area contributed by atoms with Crippen molar-refractivity contribution in [2.24, 2.45) is 0 Å². The Morgan fingerprint density at radius 2 is 2.32 bits per heavy atom. The SMILES string of the molecule is C=CCOc1ncc(F)c(NCC(=O)C=C(C)C)n1. The Morgan fingerprint density at radius 1 is 1.58 bits per heavy atom. The molecule has 0 amide bonds. The highest BCUT2D eigenvalue weighted by atomic mass is 19.1.